The summed E-state index contributed by atoms with van der Waals surface area (Å²) in [6, 6.07) is 15.7. The number of fused-ring (bicyclic) bond motifs is 1. The molecule has 0 fully saturated rings. The molecule has 0 bridgehead atoms. The minimum atomic E-state index is -0.419. The highest BCUT2D eigenvalue weighted by Crippen LogP contribution is 2.18. The van der Waals surface area contributed by atoms with Crippen LogP contribution in [0.15, 0.2) is 54.7 Å². The maximum Gasteiger partial charge on any atom is 0.250 e. The SMILES string of the molecule is NC(=O)c1cccc2cnn(CCc3ccccc3)c12. The van der Waals surface area contributed by atoms with Crippen LogP contribution in [0.2, 0.25) is 0 Å². The first-order valence-corrected chi connectivity index (χ1v) is 6.54. The number of aromatic nitrogens is 2. The standard InChI is InChI=1S/C16H15N3O/c17-16(20)14-8-4-7-13-11-18-19(15(13)14)10-9-12-5-2-1-3-6-12/h1-8,11H,9-10H2,(H2,17,20). The van der Waals surface area contributed by atoms with Gasteiger partial charge in [0.15, 0.2) is 0 Å². The van der Waals surface area contributed by atoms with E-state index in [1.54, 1.807) is 12.3 Å². The van der Waals surface area contributed by atoms with E-state index >= 15 is 0 Å². The van der Waals surface area contributed by atoms with Gasteiger partial charge in [0, 0.05) is 11.9 Å². The molecule has 1 amide bonds. The zero-order chi connectivity index (χ0) is 13.9. The number of nitrogens with two attached hydrogens (primary N) is 1. The minimum Gasteiger partial charge on any atom is -0.366 e. The molecule has 100 valence electrons. The van der Waals surface area contributed by atoms with Gasteiger partial charge in [-0.25, -0.2) is 0 Å². The van der Waals surface area contributed by atoms with E-state index < -0.39 is 5.91 Å². The van der Waals surface area contributed by atoms with Gasteiger partial charge in [-0.2, -0.15) is 5.10 Å². The van der Waals surface area contributed by atoms with Crippen molar-refractivity contribution in [2.45, 2.75) is 13.0 Å². The number of carbonyl (C=O) groups excluding carboxylic acids is 1. The molecule has 2 N–H and O–H groups in total. The van der Waals surface area contributed by atoms with Crippen LogP contribution in [0.4, 0.5) is 0 Å². The number of carbonyl (C=O) groups is 1. The number of nitrogens with zero attached hydrogens (tertiary/aromatic N) is 2. The summed E-state index contributed by atoms with van der Waals surface area (Å²) in [6.07, 6.45) is 2.64. The monoisotopic (exact) mass is 265 g/mol. The number of hydrogen-bond donors (Lipinski definition) is 1. The Morgan fingerprint density at radius 2 is 1.90 bits per heavy atom. The third kappa shape index (κ3) is 2.28. The van der Waals surface area contributed by atoms with Crippen LogP contribution in [0.25, 0.3) is 10.9 Å². The van der Waals surface area contributed by atoms with Gasteiger partial charge in [0.25, 0.3) is 5.91 Å². The Morgan fingerprint density at radius 1 is 1.10 bits per heavy atom. The third-order valence-corrected chi connectivity index (χ3v) is 3.38. The molecule has 20 heavy (non-hydrogen) atoms. The summed E-state index contributed by atoms with van der Waals surface area (Å²) in [5.74, 6) is -0.419. The van der Waals surface area contributed by atoms with Crippen molar-refractivity contribution in [3.8, 4) is 0 Å². The highest BCUT2D eigenvalue weighted by Gasteiger charge is 2.11. The summed E-state index contributed by atoms with van der Waals surface area (Å²) in [7, 11) is 0. The van der Waals surface area contributed by atoms with E-state index in [-0.39, 0.29) is 0 Å². The van der Waals surface area contributed by atoms with Crippen molar-refractivity contribution in [2.24, 2.45) is 5.73 Å². The first kappa shape index (κ1) is 12.4. The van der Waals surface area contributed by atoms with Crippen molar-refractivity contribution in [1.82, 2.24) is 9.78 Å². The highest BCUT2D eigenvalue weighted by atomic mass is 16.1. The molecule has 0 aliphatic carbocycles. The number of amides is 1. The second kappa shape index (κ2) is 5.17. The molecule has 0 saturated heterocycles. The third-order valence-electron chi connectivity index (χ3n) is 3.38. The molecule has 3 rings (SSSR count). The number of hydrogen-bond acceptors (Lipinski definition) is 2. The van der Waals surface area contributed by atoms with Crippen molar-refractivity contribution in [3.63, 3.8) is 0 Å². The van der Waals surface area contributed by atoms with Crippen molar-refractivity contribution in [2.75, 3.05) is 0 Å². The van der Waals surface area contributed by atoms with E-state index in [2.05, 4.69) is 17.2 Å². The normalized spacial score (nSPS) is 10.8. The Bertz CT molecular complexity index is 747. The van der Waals surface area contributed by atoms with Crippen LogP contribution in [-0.2, 0) is 13.0 Å². The molecule has 4 heteroatoms. The zero-order valence-corrected chi connectivity index (χ0v) is 11.0. The Kier molecular flexibility index (Phi) is 3.21. The minimum absolute atomic E-state index is 0.419. The van der Waals surface area contributed by atoms with Crippen LogP contribution in [-0.4, -0.2) is 15.7 Å². The summed E-state index contributed by atoms with van der Waals surface area (Å²) in [4.78, 5) is 11.5. The first-order valence-electron chi connectivity index (χ1n) is 6.54. The summed E-state index contributed by atoms with van der Waals surface area (Å²) in [5.41, 5.74) is 8.02. The number of primary amides is 1. The molecule has 1 heterocycles. The maximum atomic E-state index is 11.5. The van der Waals surface area contributed by atoms with E-state index in [4.69, 9.17) is 5.73 Å². The number of para-hydroxylation sites is 1. The molecule has 0 aliphatic rings. The number of aryl methyl sites for hydroxylation is 2. The maximum absolute atomic E-state index is 11.5. The van der Waals surface area contributed by atoms with Crippen LogP contribution < -0.4 is 5.73 Å². The van der Waals surface area contributed by atoms with Gasteiger partial charge < -0.3 is 5.73 Å². The molecule has 1 aromatic heterocycles. The summed E-state index contributed by atoms with van der Waals surface area (Å²) < 4.78 is 1.85. The van der Waals surface area contributed by atoms with Gasteiger partial charge in [-0.15, -0.1) is 0 Å². The van der Waals surface area contributed by atoms with Gasteiger partial charge in [-0.3, -0.25) is 9.48 Å². The number of rotatable bonds is 4. The van der Waals surface area contributed by atoms with E-state index in [1.807, 2.05) is 35.0 Å². The van der Waals surface area contributed by atoms with Gasteiger partial charge >= 0.3 is 0 Å². The lowest BCUT2D eigenvalue weighted by molar-refractivity contribution is 0.100. The average Bonchev–Trinajstić information content (AvgIpc) is 2.89. The second-order valence-corrected chi connectivity index (χ2v) is 4.71. The molecule has 2 aromatic carbocycles. The van der Waals surface area contributed by atoms with Crippen LogP contribution in [0.1, 0.15) is 15.9 Å². The molecule has 0 spiro atoms. The molecular weight excluding hydrogens is 250 g/mol. The van der Waals surface area contributed by atoms with Crippen LogP contribution in [0.5, 0.6) is 0 Å². The number of benzene rings is 2. The Balaban J connectivity index is 1.94. The molecule has 4 nitrogen and oxygen atoms in total. The summed E-state index contributed by atoms with van der Waals surface area (Å²) in [5, 5.41) is 5.30. The lowest BCUT2D eigenvalue weighted by Gasteiger charge is -2.06. The van der Waals surface area contributed by atoms with Crippen LogP contribution in [0.3, 0.4) is 0 Å². The van der Waals surface area contributed by atoms with E-state index in [0.717, 1.165) is 23.9 Å². The van der Waals surface area contributed by atoms with Crippen molar-refractivity contribution in [1.29, 1.82) is 0 Å². The molecule has 0 radical (unpaired) electrons. The van der Waals surface area contributed by atoms with Gasteiger partial charge in [-0.05, 0) is 18.1 Å². The predicted molar refractivity (Wildman–Crippen MR) is 78.4 cm³/mol. The van der Waals surface area contributed by atoms with Gasteiger partial charge in [0.1, 0.15) is 0 Å². The quantitative estimate of drug-likeness (QED) is 0.787. The molecule has 0 saturated carbocycles. The average molecular weight is 265 g/mol. The van der Waals surface area contributed by atoms with Crippen molar-refractivity contribution < 1.29 is 4.79 Å². The Morgan fingerprint density at radius 3 is 2.65 bits per heavy atom. The first-order chi connectivity index (χ1) is 9.75. The molecule has 0 unspecified atom stereocenters. The largest absolute Gasteiger partial charge is 0.366 e. The fourth-order valence-corrected chi connectivity index (χ4v) is 2.39. The lowest BCUT2D eigenvalue weighted by Crippen LogP contribution is -2.14. The Hall–Kier alpha value is -2.62. The summed E-state index contributed by atoms with van der Waals surface area (Å²) >= 11 is 0. The van der Waals surface area contributed by atoms with E-state index in [1.165, 1.54) is 5.56 Å². The lowest BCUT2D eigenvalue weighted by atomic mass is 10.1. The molecule has 3 aromatic rings. The predicted octanol–water partition coefficient (Wildman–Crippen LogP) is 2.38. The molecule has 0 aliphatic heterocycles. The summed E-state index contributed by atoms with van der Waals surface area (Å²) in [6.45, 7) is 0.720. The molecule has 0 atom stereocenters. The van der Waals surface area contributed by atoms with Gasteiger partial charge in [0.05, 0.1) is 17.3 Å². The Labute approximate surface area is 116 Å². The van der Waals surface area contributed by atoms with E-state index in [9.17, 15) is 4.79 Å². The van der Waals surface area contributed by atoms with E-state index in [0.29, 0.717) is 5.56 Å². The van der Waals surface area contributed by atoms with Crippen LogP contribution in [0, 0.1) is 0 Å². The zero-order valence-electron chi connectivity index (χ0n) is 11.0. The highest BCUT2D eigenvalue weighted by molar-refractivity contribution is 6.04. The van der Waals surface area contributed by atoms with Crippen LogP contribution >= 0.6 is 0 Å². The van der Waals surface area contributed by atoms with Gasteiger partial charge in [-0.1, -0.05) is 42.5 Å². The topological polar surface area (TPSA) is 60.9 Å². The second-order valence-electron chi connectivity index (χ2n) is 4.71. The molecular formula is C16H15N3O. The van der Waals surface area contributed by atoms with Gasteiger partial charge in [0.2, 0.25) is 0 Å². The van der Waals surface area contributed by atoms with Crippen molar-refractivity contribution >= 4 is 16.8 Å². The fourth-order valence-electron chi connectivity index (χ4n) is 2.39. The van der Waals surface area contributed by atoms with Crippen molar-refractivity contribution in [3.05, 3.63) is 65.9 Å². The fraction of sp³-hybridized carbons (Fsp3) is 0.125. The smallest absolute Gasteiger partial charge is 0.250 e.